The van der Waals surface area contributed by atoms with E-state index in [1.165, 1.54) is 46.6 Å². The number of methoxy groups -OCH3 is 4. The Hall–Kier alpha value is -3.71. The summed E-state index contributed by atoms with van der Waals surface area (Å²) in [6.45, 7) is 0. The van der Waals surface area contributed by atoms with Crippen LogP contribution in [0, 0.1) is 5.82 Å². The molecule has 0 aliphatic heterocycles. The van der Waals surface area contributed by atoms with Gasteiger partial charge in [-0.1, -0.05) is 17.7 Å². The van der Waals surface area contributed by atoms with Crippen LogP contribution in [0.25, 0.3) is 5.70 Å². The predicted molar refractivity (Wildman–Crippen MR) is 126 cm³/mol. The quantitative estimate of drug-likeness (QED) is 0.312. The molecule has 1 N–H and O–H groups in total. The van der Waals surface area contributed by atoms with Crippen molar-refractivity contribution in [2.24, 2.45) is 0 Å². The van der Waals surface area contributed by atoms with Crippen molar-refractivity contribution in [3.8, 4) is 23.0 Å². The Morgan fingerprint density at radius 1 is 0.848 bits per heavy atom. The summed E-state index contributed by atoms with van der Waals surface area (Å²) in [5.74, 6) is 0.843. The molecule has 0 bridgehead atoms. The lowest BCUT2D eigenvalue weighted by atomic mass is 10.0. The van der Waals surface area contributed by atoms with Crippen LogP contribution in [0.1, 0.15) is 15.9 Å². The fourth-order valence-corrected chi connectivity index (χ4v) is 3.33. The number of ether oxygens (including phenoxy) is 4. The van der Waals surface area contributed by atoms with Crippen molar-refractivity contribution in [2.45, 2.75) is 0 Å². The van der Waals surface area contributed by atoms with E-state index in [1.807, 2.05) is 0 Å². The molecule has 6 nitrogen and oxygen atoms in total. The molecule has 172 valence electrons. The summed E-state index contributed by atoms with van der Waals surface area (Å²) < 4.78 is 35.9. The summed E-state index contributed by atoms with van der Waals surface area (Å²) in [6, 6.07) is 14.5. The van der Waals surface area contributed by atoms with Crippen LogP contribution < -0.4 is 24.3 Å². The third-order valence-corrected chi connectivity index (χ3v) is 5.16. The maximum absolute atomic E-state index is 14.6. The lowest BCUT2D eigenvalue weighted by Gasteiger charge is -2.17. The second-order valence-corrected chi connectivity index (χ2v) is 7.19. The van der Waals surface area contributed by atoms with E-state index < -0.39 is 5.82 Å². The lowest BCUT2D eigenvalue weighted by Crippen LogP contribution is -2.07. The SMILES string of the molecule is COc1ccc(C(=O)/C=C(\Nc2cccc(Cl)c2F)c2ccc(OC)cc2OC)c(OC)c1. The monoisotopic (exact) mass is 471 g/mol. The molecule has 0 atom stereocenters. The molecule has 0 aliphatic rings. The van der Waals surface area contributed by atoms with Crippen molar-refractivity contribution in [1.82, 2.24) is 0 Å². The van der Waals surface area contributed by atoms with Crippen LogP contribution in [-0.4, -0.2) is 34.2 Å². The van der Waals surface area contributed by atoms with E-state index in [2.05, 4.69) is 5.32 Å². The van der Waals surface area contributed by atoms with E-state index in [9.17, 15) is 9.18 Å². The van der Waals surface area contributed by atoms with E-state index >= 15 is 0 Å². The molecule has 0 aliphatic carbocycles. The minimum absolute atomic E-state index is 0.0517. The zero-order chi connectivity index (χ0) is 24.0. The highest BCUT2D eigenvalue weighted by Crippen LogP contribution is 2.34. The molecule has 3 rings (SSSR count). The van der Waals surface area contributed by atoms with E-state index in [0.29, 0.717) is 39.8 Å². The predicted octanol–water partition coefficient (Wildman–Crippen LogP) is 5.85. The first-order valence-corrected chi connectivity index (χ1v) is 10.2. The summed E-state index contributed by atoms with van der Waals surface area (Å²) in [7, 11) is 6.00. The van der Waals surface area contributed by atoms with E-state index in [4.69, 9.17) is 30.5 Å². The number of hydrogen-bond donors (Lipinski definition) is 1. The third kappa shape index (κ3) is 5.38. The average Bonchev–Trinajstić information content (AvgIpc) is 2.85. The van der Waals surface area contributed by atoms with Gasteiger partial charge in [-0.2, -0.15) is 0 Å². The molecular weight excluding hydrogens is 449 g/mol. The molecule has 3 aromatic carbocycles. The van der Waals surface area contributed by atoms with Gasteiger partial charge < -0.3 is 24.3 Å². The van der Waals surface area contributed by atoms with Gasteiger partial charge >= 0.3 is 0 Å². The van der Waals surface area contributed by atoms with Gasteiger partial charge in [-0.3, -0.25) is 4.79 Å². The number of hydrogen-bond acceptors (Lipinski definition) is 6. The van der Waals surface area contributed by atoms with Gasteiger partial charge in [0, 0.05) is 23.8 Å². The molecule has 0 radical (unpaired) electrons. The highest BCUT2D eigenvalue weighted by atomic mass is 35.5. The largest absolute Gasteiger partial charge is 0.497 e. The molecular formula is C25H23ClFNO5. The van der Waals surface area contributed by atoms with Crippen LogP contribution in [0.5, 0.6) is 23.0 Å². The van der Waals surface area contributed by atoms with Crippen LogP contribution in [0.3, 0.4) is 0 Å². The molecule has 0 aromatic heterocycles. The number of carbonyl (C=O) groups is 1. The van der Waals surface area contributed by atoms with E-state index in [-0.39, 0.29) is 16.5 Å². The maximum Gasteiger partial charge on any atom is 0.191 e. The van der Waals surface area contributed by atoms with Crippen LogP contribution >= 0.6 is 11.6 Å². The van der Waals surface area contributed by atoms with Gasteiger partial charge in [0.25, 0.3) is 0 Å². The number of carbonyl (C=O) groups excluding carboxylic acids is 1. The van der Waals surface area contributed by atoms with Crippen LogP contribution in [0.4, 0.5) is 10.1 Å². The first kappa shape index (κ1) is 23.9. The second kappa shape index (κ2) is 10.7. The van der Waals surface area contributed by atoms with Crippen molar-refractivity contribution in [3.63, 3.8) is 0 Å². The molecule has 0 unspecified atom stereocenters. The highest BCUT2D eigenvalue weighted by Gasteiger charge is 2.18. The summed E-state index contributed by atoms with van der Waals surface area (Å²) in [4.78, 5) is 13.3. The summed E-state index contributed by atoms with van der Waals surface area (Å²) in [5, 5.41) is 2.92. The minimum atomic E-state index is -0.646. The summed E-state index contributed by atoms with van der Waals surface area (Å²) in [5.41, 5.74) is 1.20. The number of ketones is 1. The summed E-state index contributed by atoms with van der Waals surface area (Å²) >= 11 is 5.94. The Morgan fingerprint density at radius 2 is 1.42 bits per heavy atom. The van der Waals surface area contributed by atoms with E-state index in [1.54, 1.807) is 42.5 Å². The normalized spacial score (nSPS) is 11.0. The first-order chi connectivity index (χ1) is 15.9. The van der Waals surface area contributed by atoms with Crippen molar-refractivity contribution in [1.29, 1.82) is 0 Å². The molecule has 3 aromatic rings. The molecule has 0 fully saturated rings. The highest BCUT2D eigenvalue weighted by molar-refractivity contribution is 6.31. The zero-order valence-corrected chi connectivity index (χ0v) is 19.3. The minimum Gasteiger partial charge on any atom is -0.497 e. The molecule has 0 amide bonds. The fourth-order valence-electron chi connectivity index (χ4n) is 3.16. The molecule has 0 heterocycles. The zero-order valence-electron chi connectivity index (χ0n) is 18.6. The smallest absolute Gasteiger partial charge is 0.191 e. The maximum atomic E-state index is 14.6. The fraction of sp³-hybridized carbons (Fsp3) is 0.160. The second-order valence-electron chi connectivity index (χ2n) is 6.78. The van der Waals surface area contributed by atoms with Crippen molar-refractivity contribution >= 4 is 28.8 Å². The third-order valence-electron chi connectivity index (χ3n) is 4.87. The standard InChI is InChI=1S/C25H23ClFNO5/c1-30-15-8-10-17(23(12-15)32-3)21(28-20-7-5-6-19(26)25(20)27)14-22(29)18-11-9-16(31-2)13-24(18)33-4/h5-14,28H,1-4H3/b21-14-. The number of nitrogens with one attached hydrogen (secondary N) is 1. The van der Waals surface area contributed by atoms with Gasteiger partial charge in [0.05, 0.1) is 50.4 Å². The Bertz CT molecular complexity index is 1200. The van der Waals surface area contributed by atoms with Crippen molar-refractivity contribution < 1.29 is 28.1 Å². The molecule has 8 heteroatoms. The van der Waals surface area contributed by atoms with Crippen molar-refractivity contribution in [2.75, 3.05) is 33.8 Å². The number of allylic oxidation sites excluding steroid dienone is 1. The van der Waals surface area contributed by atoms with Gasteiger partial charge in [0.2, 0.25) is 0 Å². The Morgan fingerprint density at radius 3 is 2.00 bits per heavy atom. The van der Waals surface area contributed by atoms with Gasteiger partial charge in [0.1, 0.15) is 23.0 Å². The summed E-state index contributed by atoms with van der Waals surface area (Å²) in [6.07, 6.45) is 1.34. The van der Waals surface area contributed by atoms with Gasteiger partial charge in [0.15, 0.2) is 11.6 Å². The first-order valence-electron chi connectivity index (χ1n) is 9.83. The number of anilines is 1. The van der Waals surface area contributed by atoms with Crippen molar-refractivity contribution in [3.05, 3.63) is 82.6 Å². The number of halogens is 2. The molecule has 33 heavy (non-hydrogen) atoms. The van der Waals surface area contributed by atoms with Gasteiger partial charge in [-0.25, -0.2) is 4.39 Å². The Kier molecular flexibility index (Phi) is 7.79. The Balaban J connectivity index is 2.14. The van der Waals surface area contributed by atoms with Gasteiger partial charge in [-0.05, 0) is 36.4 Å². The molecule has 0 spiro atoms. The number of rotatable bonds is 9. The van der Waals surface area contributed by atoms with Crippen LogP contribution in [0.15, 0.2) is 60.7 Å². The number of benzene rings is 3. The molecule has 0 saturated carbocycles. The topological polar surface area (TPSA) is 66.0 Å². The lowest BCUT2D eigenvalue weighted by molar-refractivity contribution is 0.104. The van der Waals surface area contributed by atoms with Crippen LogP contribution in [0.2, 0.25) is 5.02 Å². The average molecular weight is 472 g/mol. The molecule has 0 saturated heterocycles. The van der Waals surface area contributed by atoms with Gasteiger partial charge in [-0.15, -0.1) is 0 Å². The van der Waals surface area contributed by atoms with E-state index in [0.717, 1.165) is 0 Å². The van der Waals surface area contributed by atoms with Crippen LogP contribution in [-0.2, 0) is 0 Å². The Labute approximate surface area is 196 Å².